The van der Waals surface area contributed by atoms with E-state index < -0.39 is 16.5 Å². The van der Waals surface area contributed by atoms with Gasteiger partial charge in [-0.3, -0.25) is 0 Å². The van der Waals surface area contributed by atoms with Gasteiger partial charge in [-0.2, -0.15) is 0 Å². The molecule has 2 aromatic rings. The first kappa shape index (κ1) is 12.6. The van der Waals surface area contributed by atoms with Crippen LogP contribution < -0.4 is 0 Å². The quantitative estimate of drug-likeness (QED) is 0.709. The Morgan fingerprint density at radius 2 is 1.94 bits per heavy atom. The van der Waals surface area contributed by atoms with Gasteiger partial charge in [0.05, 0.1) is 0 Å². The van der Waals surface area contributed by atoms with Crippen LogP contribution in [-0.2, 0) is 0 Å². The summed E-state index contributed by atoms with van der Waals surface area (Å²) in [7, 11) is 0. The van der Waals surface area contributed by atoms with E-state index in [4.69, 9.17) is 16.0 Å². The Hall–Kier alpha value is -0.870. The van der Waals surface area contributed by atoms with Gasteiger partial charge in [0.2, 0.25) is 0 Å². The molecule has 0 radical (unpaired) electrons. The molecule has 0 fully saturated rings. The van der Waals surface area contributed by atoms with E-state index in [9.17, 15) is 8.78 Å². The lowest BCUT2D eigenvalue weighted by Gasteiger charge is -2.10. The number of rotatable bonds is 2. The van der Waals surface area contributed by atoms with E-state index in [-0.39, 0.29) is 5.22 Å². The number of hydrogen-bond donors (Lipinski definition) is 0. The molecule has 2 rings (SSSR count). The summed E-state index contributed by atoms with van der Waals surface area (Å²) in [4.78, 5) is -0.491. The number of hydrogen-bond acceptors (Lipinski definition) is 1. The number of halogens is 4. The van der Waals surface area contributed by atoms with E-state index in [2.05, 4.69) is 15.9 Å². The lowest BCUT2D eigenvalue weighted by molar-refractivity contribution is 0.512. The Morgan fingerprint density at radius 1 is 1.24 bits per heavy atom. The topological polar surface area (TPSA) is 13.1 Å². The van der Waals surface area contributed by atoms with Crippen molar-refractivity contribution in [1.29, 1.82) is 0 Å². The first-order valence-electron chi connectivity index (χ1n) is 4.84. The Bertz CT molecular complexity index is 553. The summed E-state index contributed by atoms with van der Waals surface area (Å²) in [6.07, 6.45) is 0. The van der Waals surface area contributed by atoms with Crippen molar-refractivity contribution in [3.05, 3.63) is 58.0 Å². The van der Waals surface area contributed by atoms with Gasteiger partial charge >= 0.3 is 0 Å². The second-order valence-electron chi connectivity index (χ2n) is 3.63. The standard InChI is InChI=1S/C12H8BrClF2O/c1-6-4-7(9(16)5-8(6)15)12(13)10-2-3-11(14)17-10/h2-5,12H,1H3. The van der Waals surface area contributed by atoms with Crippen molar-refractivity contribution in [2.45, 2.75) is 11.8 Å². The third kappa shape index (κ3) is 2.53. The predicted molar refractivity (Wildman–Crippen MR) is 65.6 cm³/mol. The van der Waals surface area contributed by atoms with Crippen molar-refractivity contribution in [3.8, 4) is 0 Å². The normalized spacial score (nSPS) is 12.8. The minimum Gasteiger partial charge on any atom is -0.448 e. The zero-order valence-electron chi connectivity index (χ0n) is 8.81. The fourth-order valence-corrected chi connectivity index (χ4v) is 2.24. The Balaban J connectivity index is 2.43. The molecule has 1 aromatic heterocycles. The molecule has 0 bridgehead atoms. The molecule has 0 N–H and O–H groups in total. The maximum Gasteiger partial charge on any atom is 0.193 e. The van der Waals surface area contributed by atoms with Crippen molar-refractivity contribution in [2.75, 3.05) is 0 Å². The summed E-state index contributed by atoms with van der Waals surface area (Å²) in [5.74, 6) is -0.717. The zero-order chi connectivity index (χ0) is 12.6. The predicted octanol–water partition coefficient (Wildman–Crippen LogP) is 5.00. The molecule has 1 aromatic carbocycles. The Morgan fingerprint density at radius 3 is 2.53 bits per heavy atom. The molecule has 0 spiro atoms. The largest absolute Gasteiger partial charge is 0.448 e. The molecule has 0 aliphatic rings. The van der Waals surface area contributed by atoms with Gasteiger partial charge in [-0.15, -0.1) is 0 Å². The van der Waals surface area contributed by atoms with E-state index in [1.54, 1.807) is 19.1 Å². The minimum atomic E-state index is -0.623. The molecule has 1 unspecified atom stereocenters. The van der Waals surface area contributed by atoms with Gasteiger partial charge in [0.1, 0.15) is 22.2 Å². The van der Waals surface area contributed by atoms with Crippen LogP contribution in [0.5, 0.6) is 0 Å². The average Bonchev–Trinajstić information content (AvgIpc) is 2.69. The maximum atomic E-state index is 13.6. The highest BCUT2D eigenvalue weighted by Crippen LogP contribution is 2.35. The first-order chi connectivity index (χ1) is 7.99. The summed E-state index contributed by atoms with van der Waals surface area (Å²) >= 11 is 8.95. The monoisotopic (exact) mass is 320 g/mol. The number of alkyl halides is 1. The van der Waals surface area contributed by atoms with Crippen molar-refractivity contribution in [3.63, 3.8) is 0 Å². The third-order valence-corrected chi connectivity index (χ3v) is 3.54. The highest BCUT2D eigenvalue weighted by molar-refractivity contribution is 9.09. The van der Waals surface area contributed by atoms with Crippen LogP contribution in [0.3, 0.4) is 0 Å². The van der Waals surface area contributed by atoms with E-state index >= 15 is 0 Å². The summed E-state index contributed by atoms with van der Waals surface area (Å²) in [6.45, 7) is 1.58. The SMILES string of the molecule is Cc1cc(C(Br)c2ccc(Cl)o2)c(F)cc1F. The van der Waals surface area contributed by atoms with Crippen LogP contribution >= 0.6 is 27.5 Å². The molecular weight excluding hydrogens is 313 g/mol. The molecule has 0 saturated heterocycles. The summed E-state index contributed by atoms with van der Waals surface area (Å²) in [5.41, 5.74) is 0.693. The Labute approximate surface area is 111 Å². The van der Waals surface area contributed by atoms with Crippen LogP contribution in [0.15, 0.2) is 28.7 Å². The molecule has 5 heteroatoms. The van der Waals surface area contributed by atoms with E-state index in [0.717, 1.165) is 6.07 Å². The lowest BCUT2D eigenvalue weighted by Crippen LogP contribution is -1.98. The summed E-state index contributed by atoms with van der Waals surface area (Å²) < 4.78 is 31.9. The molecule has 0 amide bonds. The second-order valence-corrected chi connectivity index (χ2v) is 4.92. The van der Waals surface area contributed by atoms with Crippen LogP contribution in [0.25, 0.3) is 0 Å². The molecule has 1 nitrogen and oxygen atoms in total. The van der Waals surface area contributed by atoms with Crippen LogP contribution in [0.1, 0.15) is 21.7 Å². The number of aryl methyl sites for hydroxylation is 1. The van der Waals surface area contributed by atoms with Crippen LogP contribution in [0.2, 0.25) is 5.22 Å². The number of furan rings is 1. The van der Waals surface area contributed by atoms with Gasteiger partial charge in [-0.25, -0.2) is 8.78 Å². The number of benzene rings is 1. The molecule has 0 aliphatic carbocycles. The molecule has 17 heavy (non-hydrogen) atoms. The van der Waals surface area contributed by atoms with Gasteiger partial charge in [-0.1, -0.05) is 15.9 Å². The highest BCUT2D eigenvalue weighted by atomic mass is 79.9. The summed E-state index contributed by atoms with van der Waals surface area (Å²) in [6, 6.07) is 5.52. The van der Waals surface area contributed by atoms with Gasteiger partial charge in [0.15, 0.2) is 5.22 Å². The van der Waals surface area contributed by atoms with Crippen LogP contribution in [0.4, 0.5) is 8.78 Å². The molecular formula is C12H8BrClF2O. The zero-order valence-corrected chi connectivity index (χ0v) is 11.1. The van der Waals surface area contributed by atoms with Crippen molar-refractivity contribution >= 4 is 27.5 Å². The molecule has 0 saturated carbocycles. The molecule has 1 atom stereocenters. The molecule has 90 valence electrons. The van der Waals surface area contributed by atoms with Gasteiger partial charge < -0.3 is 4.42 Å². The lowest BCUT2D eigenvalue weighted by atomic mass is 10.1. The minimum absolute atomic E-state index is 0.226. The van der Waals surface area contributed by atoms with Crippen molar-refractivity contribution in [2.24, 2.45) is 0 Å². The van der Waals surface area contributed by atoms with E-state index in [0.29, 0.717) is 16.9 Å². The fourth-order valence-electron chi connectivity index (χ4n) is 1.49. The van der Waals surface area contributed by atoms with Gasteiger partial charge in [0.25, 0.3) is 0 Å². The maximum absolute atomic E-state index is 13.6. The molecule has 0 aliphatic heterocycles. The highest BCUT2D eigenvalue weighted by Gasteiger charge is 2.19. The van der Waals surface area contributed by atoms with E-state index in [1.807, 2.05) is 0 Å². The fraction of sp³-hybridized carbons (Fsp3) is 0.167. The summed E-state index contributed by atoms with van der Waals surface area (Å²) in [5, 5.41) is 0.226. The second kappa shape index (κ2) is 4.78. The van der Waals surface area contributed by atoms with Crippen molar-refractivity contribution in [1.82, 2.24) is 0 Å². The Kier molecular flexibility index (Phi) is 3.54. The van der Waals surface area contributed by atoms with Gasteiger partial charge in [0, 0.05) is 11.6 Å². The van der Waals surface area contributed by atoms with Crippen molar-refractivity contribution < 1.29 is 13.2 Å². The van der Waals surface area contributed by atoms with Crippen LogP contribution in [-0.4, -0.2) is 0 Å². The third-order valence-electron chi connectivity index (χ3n) is 2.39. The molecule has 1 heterocycles. The smallest absolute Gasteiger partial charge is 0.193 e. The van der Waals surface area contributed by atoms with Gasteiger partial charge in [-0.05, 0) is 42.3 Å². The average molecular weight is 322 g/mol. The first-order valence-corrected chi connectivity index (χ1v) is 6.13. The van der Waals surface area contributed by atoms with E-state index in [1.165, 1.54) is 6.07 Å². The van der Waals surface area contributed by atoms with Crippen LogP contribution in [0, 0.1) is 18.6 Å².